The number of ether oxygens (including phenoxy) is 4. The third kappa shape index (κ3) is 8.92. The molecule has 4 aromatic carbocycles. The summed E-state index contributed by atoms with van der Waals surface area (Å²) in [5.74, 6) is -1.41. The summed E-state index contributed by atoms with van der Waals surface area (Å²) in [6.07, 6.45) is 3.16. The van der Waals surface area contributed by atoms with E-state index in [2.05, 4.69) is 25.5 Å². The summed E-state index contributed by atoms with van der Waals surface area (Å²) in [4.78, 5) is 67.1. The third-order valence-corrected chi connectivity index (χ3v) is 12.9. The minimum atomic E-state index is -4.90. The lowest BCUT2D eigenvalue weighted by molar-refractivity contribution is -0.121. The highest BCUT2D eigenvalue weighted by molar-refractivity contribution is 7.87. The van der Waals surface area contributed by atoms with Gasteiger partial charge < -0.3 is 55.3 Å². The minimum Gasteiger partial charge on any atom is -0.493 e. The van der Waals surface area contributed by atoms with Crippen LogP contribution in [0.2, 0.25) is 0 Å². The molecule has 0 radical (unpaired) electrons. The largest absolute Gasteiger partial charge is 0.493 e. The van der Waals surface area contributed by atoms with Gasteiger partial charge in [0, 0.05) is 96.5 Å². The molecule has 8 rings (SSSR count). The van der Waals surface area contributed by atoms with Gasteiger partial charge in [-0.05, 0) is 80.1 Å². The molecular weight excluding hydrogens is 925 g/mol. The average molecular weight is 975 g/mol. The molecular formula is C48H50N10O11S. The lowest BCUT2D eigenvalue weighted by Crippen LogP contribution is -2.51. The zero-order valence-corrected chi connectivity index (χ0v) is 39.8. The molecule has 0 fully saturated rings. The van der Waals surface area contributed by atoms with Gasteiger partial charge in [0.25, 0.3) is 11.8 Å². The molecule has 1 spiro atoms. The molecule has 1 atom stereocenters. The Labute approximate surface area is 401 Å². The lowest BCUT2D eigenvalue weighted by Gasteiger charge is -2.39. The van der Waals surface area contributed by atoms with Gasteiger partial charge in [0.05, 0.1) is 20.8 Å². The van der Waals surface area contributed by atoms with Crippen molar-refractivity contribution >= 4 is 67.8 Å². The van der Waals surface area contributed by atoms with Gasteiger partial charge in [-0.25, -0.2) is 19.2 Å². The van der Waals surface area contributed by atoms with Crippen LogP contribution in [0.4, 0.5) is 23.1 Å². The molecule has 1 unspecified atom stereocenters. The van der Waals surface area contributed by atoms with Crippen LogP contribution < -0.4 is 61.6 Å². The van der Waals surface area contributed by atoms with Gasteiger partial charge in [0.2, 0.25) is 17.6 Å². The van der Waals surface area contributed by atoms with Gasteiger partial charge in [-0.15, -0.1) is 0 Å². The van der Waals surface area contributed by atoms with E-state index in [0.717, 1.165) is 24.3 Å². The molecule has 364 valence electrons. The summed E-state index contributed by atoms with van der Waals surface area (Å²) in [6.45, 7) is 4.59. The first-order valence-electron chi connectivity index (χ1n) is 21.8. The maximum absolute atomic E-state index is 14.3. The number of nitrogens with two attached hydrogens (primary N) is 3. The summed E-state index contributed by atoms with van der Waals surface area (Å²) in [7, 11) is 1.55. The Balaban J connectivity index is 1.08. The highest BCUT2D eigenvalue weighted by atomic mass is 32.2. The number of nitrogens with zero attached hydrogens (tertiary/aromatic N) is 5. The average Bonchev–Trinajstić information content (AvgIpc) is 3.58. The highest BCUT2D eigenvalue weighted by Gasteiger charge is 2.57. The van der Waals surface area contributed by atoms with E-state index >= 15 is 0 Å². The van der Waals surface area contributed by atoms with Gasteiger partial charge in [-0.1, -0.05) is 6.07 Å². The first-order chi connectivity index (χ1) is 33.4. The topological polar surface area (TPSA) is 290 Å². The monoisotopic (exact) mass is 974 g/mol. The van der Waals surface area contributed by atoms with Gasteiger partial charge in [0.15, 0.2) is 18.2 Å². The number of amides is 3. The number of benzene rings is 4. The van der Waals surface area contributed by atoms with Crippen LogP contribution in [0, 0.1) is 0 Å². The maximum Gasteiger partial charge on any atom is 0.347 e. The van der Waals surface area contributed by atoms with Gasteiger partial charge in [-0.2, -0.15) is 13.4 Å². The number of aromatic nitrogens is 2. The summed E-state index contributed by atoms with van der Waals surface area (Å²) >= 11 is 0. The summed E-state index contributed by atoms with van der Waals surface area (Å²) < 4.78 is 57.2. The van der Waals surface area contributed by atoms with Crippen LogP contribution in [0.15, 0.2) is 94.3 Å². The van der Waals surface area contributed by atoms with Crippen molar-refractivity contribution in [3.05, 3.63) is 134 Å². The van der Waals surface area contributed by atoms with Crippen molar-refractivity contribution in [1.29, 1.82) is 0 Å². The van der Waals surface area contributed by atoms with Gasteiger partial charge in [-0.3, -0.25) is 14.4 Å². The second kappa shape index (κ2) is 19.0. The van der Waals surface area contributed by atoms with Crippen molar-refractivity contribution in [1.82, 2.24) is 24.9 Å². The van der Waals surface area contributed by atoms with Crippen LogP contribution in [-0.4, -0.2) is 95.1 Å². The second-order valence-corrected chi connectivity index (χ2v) is 17.8. The molecule has 6 aromatic rings. The third-order valence-electron chi connectivity index (χ3n) is 12.0. The molecule has 70 heavy (non-hydrogen) atoms. The lowest BCUT2D eigenvalue weighted by atomic mass is 9.80. The molecule has 3 amide bonds. The molecule has 0 saturated carbocycles. The van der Waals surface area contributed by atoms with Crippen molar-refractivity contribution in [2.45, 2.75) is 25.8 Å². The van der Waals surface area contributed by atoms with E-state index in [4.69, 9.17) is 40.0 Å². The predicted octanol–water partition coefficient (Wildman–Crippen LogP) is 3.49. The standard InChI is InChI=1S/C48H50N10O11S/c1-7-57(8-2)31-11-9-27-18-33(46(62)69-36(27)21-31)40-22-48(34-14-12-30(56(3)4)20-37(34)68-40)35-19-28(10-13-32(35)45(61)58(48)70(51,63)64)44(60)52-24-41(59)54-25-67-42-38(65-5)16-26(17-39(42)66-6)15-29-23-53-47(50)55-43(29)49/h9-14,16-23H,7-8,15,24-25H2,1-6H3,(H,52,60)(H,54,59)(H2,51,63,64)(H4,49,50,53,55). The van der Waals surface area contributed by atoms with Crippen molar-refractivity contribution in [3.63, 3.8) is 0 Å². The number of carbonyl (C=O) groups excluding carboxylic acids is 3. The Hall–Kier alpha value is -8.37. The highest BCUT2D eigenvalue weighted by Crippen LogP contribution is 2.54. The molecule has 2 aromatic heterocycles. The number of nitrogens with one attached hydrogen (secondary N) is 2. The fraction of sp³-hybridized carbons (Fsp3) is 0.250. The summed E-state index contributed by atoms with van der Waals surface area (Å²) in [6, 6.07) is 19.3. The van der Waals surface area contributed by atoms with Crippen molar-refractivity contribution in [3.8, 4) is 23.0 Å². The van der Waals surface area contributed by atoms with E-state index in [9.17, 15) is 27.6 Å². The van der Waals surface area contributed by atoms with Crippen LogP contribution in [0.3, 0.4) is 0 Å². The zero-order chi connectivity index (χ0) is 50.2. The quantitative estimate of drug-likeness (QED) is 0.0685. The van der Waals surface area contributed by atoms with E-state index in [1.54, 1.807) is 67.5 Å². The predicted molar refractivity (Wildman–Crippen MR) is 261 cm³/mol. The van der Waals surface area contributed by atoms with Crippen molar-refractivity contribution in [2.24, 2.45) is 5.14 Å². The normalized spacial score (nSPS) is 14.9. The van der Waals surface area contributed by atoms with E-state index in [1.807, 2.05) is 19.9 Å². The van der Waals surface area contributed by atoms with E-state index in [1.165, 1.54) is 44.7 Å². The number of hydrogen-bond acceptors (Lipinski definition) is 17. The second-order valence-electron chi connectivity index (χ2n) is 16.4. The zero-order valence-electron chi connectivity index (χ0n) is 39.0. The fourth-order valence-corrected chi connectivity index (χ4v) is 9.53. The Morgan fingerprint density at radius 2 is 1.59 bits per heavy atom. The van der Waals surface area contributed by atoms with Crippen molar-refractivity contribution < 1.29 is 46.2 Å². The molecule has 21 nitrogen and oxygen atoms in total. The molecule has 0 aliphatic carbocycles. The Morgan fingerprint density at radius 3 is 2.24 bits per heavy atom. The number of nitrogen functional groups attached to an aromatic ring is 2. The van der Waals surface area contributed by atoms with Crippen LogP contribution in [-0.2, 0) is 27.0 Å². The number of hydrogen-bond donors (Lipinski definition) is 5. The molecule has 0 bridgehead atoms. The molecule has 8 N–H and O–H groups in total. The first-order valence-corrected chi connectivity index (χ1v) is 23.3. The molecule has 4 heterocycles. The summed E-state index contributed by atoms with van der Waals surface area (Å²) in [5.41, 5.74) is 11.9. The van der Waals surface area contributed by atoms with Crippen LogP contribution in [0.25, 0.3) is 16.7 Å². The molecule has 0 saturated heterocycles. The van der Waals surface area contributed by atoms with Crippen LogP contribution >= 0.6 is 0 Å². The van der Waals surface area contributed by atoms with E-state index in [-0.39, 0.29) is 75.1 Å². The number of rotatable bonds is 16. The molecule has 2 aliphatic rings. The fourth-order valence-electron chi connectivity index (χ4n) is 8.55. The number of carbonyl (C=O) groups is 3. The Kier molecular flexibility index (Phi) is 13.0. The van der Waals surface area contributed by atoms with Gasteiger partial charge >= 0.3 is 15.8 Å². The Bertz CT molecular complexity index is 3280. The maximum atomic E-state index is 14.3. The first kappa shape index (κ1) is 48.1. The van der Waals surface area contributed by atoms with E-state index < -0.39 is 45.6 Å². The van der Waals surface area contributed by atoms with Crippen molar-refractivity contribution in [2.75, 3.05) is 75.9 Å². The number of methoxy groups -OCH3 is 2. The smallest absolute Gasteiger partial charge is 0.347 e. The molecule has 22 heteroatoms. The number of anilines is 4. The number of fused-ring (bicyclic) bond motifs is 5. The van der Waals surface area contributed by atoms with Crippen LogP contribution in [0.1, 0.15) is 62.4 Å². The van der Waals surface area contributed by atoms with Crippen LogP contribution in [0.5, 0.6) is 23.0 Å². The SMILES string of the molecule is CCN(CC)c1ccc2cc(C3=CC4(c5ccc(N(C)C)cc5O3)c3cc(C(=O)NCC(=O)NCOc5c(OC)cc(Cc6cnc(N)nc6N)cc5OC)ccc3C(=O)N4S(N)(=O)=O)c(=O)oc2c1. The molecule has 2 aliphatic heterocycles. The Morgan fingerprint density at radius 1 is 0.871 bits per heavy atom. The van der Waals surface area contributed by atoms with Gasteiger partial charge in [0.1, 0.15) is 34.0 Å². The van der Waals surface area contributed by atoms with E-state index in [0.29, 0.717) is 32.9 Å². The summed E-state index contributed by atoms with van der Waals surface area (Å²) in [5, 5.41) is 11.6. The minimum absolute atomic E-state index is 0.0323.